The first-order chi connectivity index (χ1) is 14.1. The second-order valence-corrected chi connectivity index (χ2v) is 7.62. The zero-order valence-electron chi connectivity index (χ0n) is 17.9. The molecule has 1 amide bonds. The molecule has 0 aromatic heterocycles. The van der Waals surface area contributed by atoms with Crippen molar-refractivity contribution in [3.05, 3.63) is 29.8 Å². The van der Waals surface area contributed by atoms with Gasteiger partial charge in [-0.1, -0.05) is 12.1 Å². The van der Waals surface area contributed by atoms with E-state index < -0.39 is 0 Å². The number of hydrogen-bond donors (Lipinski definition) is 1. The zero-order chi connectivity index (χ0) is 20.6. The maximum atomic E-state index is 12.1. The first-order valence-corrected chi connectivity index (χ1v) is 10.6. The number of hydrogen-bond acceptors (Lipinski definition) is 4. The van der Waals surface area contributed by atoms with Crippen LogP contribution in [0.2, 0.25) is 0 Å². The Hall–Kier alpha value is -1.84. The lowest BCUT2D eigenvalue weighted by molar-refractivity contribution is -0.146. The van der Waals surface area contributed by atoms with Crippen molar-refractivity contribution in [2.45, 2.75) is 45.6 Å². The van der Waals surface area contributed by atoms with Gasteiger partial charge in [0.05, 0.1) is 19.6 Å². The van der Waals surface area contributed by atoms with Gasteiger partial charge in [0.25, 0.3) is 0 Å². The van der Waals surface area contributed by atoms with Crippen LogP contribution in [0.15, 0.2) is 29.3 Å². The Morgan fingerprint density at radius 1 is 1.17 bits per heavy atom. The smallest absolute Gasteiger partial charge is 0.308 e. The molecule has 1 aromatic rings. The minimum Gasteiger partial charge on any atom is -0.469 e. The van der Waals surface area contributed by atoms with E-state index in [2.05, 4.69) is 17.1 Å². The summed E-state index contributed by atoms with van der Waals surface area (Å²) in [5.74, 6) is 0.973. The van der Waals surface area contributed by atoms with Gasteiger partial charge in [0.15, 0.2) is 5.96 Å². The lowest BCUT2D eigenvalue weighted by Gasteiger charge is -2.33. The molecule has 2 aliphatic heterocycles. The largest absolute Gasteiger partial charge is 0.469 e. The van der Waals surface area contributed by atoms with Gasteiger partial charge in [-0.2, -0.15) is 0 Å². The summed E-state index contributed by atoms with van der Waals surface area (Å²) < 4.78 is 4.87. The van der Waals surface area contributed by atoms with Crippen molar-refractivity contribution in [3.8, 4) is 0 Å². The predicted octanol–water partition coefficient (Wildman–Crippen LogP) is 3.17. The fourth-order valence-electron chi connectivity index (χ4n) is 3.95. The molecule has 2 aliphatic rings. The van der Waals surface area contributed by atoms with E-state index in [4.69, 9.17) is 9.73 Å². The Morgan fingerprint density at radius 2 is 1.87 bits per heavy atom. The zero-order valence-corrected chi connectivity index (χ0v) is 20.3. The lowest BCUT2D eigenvalue weighted by atomic mass is 9.97. The van der Waals surface area contributed by atoms with Crippen molar-refractivity contribution in [3.63, 3.8) is 0 Å². The second kappa shape index (κ2) is 12.1. The molecule has 30 heavy (non-hydrogen) atoms. The highest BCUT2D eigenvalue weighted by atomic mass is 127. The number of halogens is 1. The number of aliphatic imine (C=N–C) groups is 1. The summed E-state index contributed by atoms with van der Waals surface area (Å²) in [4.78, 5) is 32.7. The average Bonchev–Trinajstić information content (AvgIpc) is 2.77. The van der Waals surface area contributed by atoms with Gasteiger partial charge in [-0.25, -0.2) is 4.99 Å². The van der Waals surface area contributed by atoms with E-state index in [1.807, 2.05) is 29.2 Å². The van der Waals surface area contributed by atoms with Crippen LogP contribution in [0.1, 0.15) is 44.6 Å². The Labute approximate surface area is 196 Å². The number of carbonyl (C=O) groups is 2. The Morgan fingerprint density at radius 3 is 2.47 bits per heavy atom. The quantitative estimate of drug-likeness (QED) is 0.275. The summed E-state index contributed by atoms with van der Waals surface area (Å²) in [7, 11) is 1.45. The Balaban J connectivity index is 0.00000320. The van der Waals surface area contributed by atoms with E-state index in [1.165, 1.54) is 7.11 Å². The summed E-state index contributed by atoms with van der Waals surface area (Å²) in [6.07, 6.45) is 4.28. The lowest BCUT2D eigenvalue weighted by Crippen LogP contribution is -2.46. The predicted molar refractivity (Wildman–Crippen MR) is 129 cm³/mol. The van der Waals surface area contributed by atoms with Gasteiger partial charge in [-0.15, -0.1) is 24.0 Å². The standard InChI is InChI=1S/C22H32N4O3.HI/c1-3-23-22(25-14-11-18(12-15-25)21(28)29-2)24-16-17-7-9-19(10-8-17)26-13-5-4-6-20(26)27;/h7-10,18H,3-6,11-16H2,1-2H3,(H,23,24);1H. The number of methoxy groups -OCH3 is 1. The number of esters is 1. The SMILES string of the molecule is CCNC(=NCc1ccc(N2CCCCC2=O)cc1)N1CCC(C(=O)OC)CC1.I. The molecule has 0 bridgehead atoms. The van der Waals surface area contributed by atoms with Gasteiger partial charge >= 0.3 is 5.97 Å². The van der Waals surface area contributed by atoms with Crippen LogP contribution >= 0.6 is 24.0 Å². The molecule has 1 aromatic carbocycles. The molecule has 2 heterocycles. The molecule has 0 spiro atoms. The summed E-state index contributed by atoms with van der Waals surface area (Å²) in [5, 5.41) is 3.36. The van der Waals surface area contributed by atoms with E-state index in [0.717, 1.165) is 69.1 Å². The van der Waals surface area contributed by atoms with Crippen LogP contribution in [0, 0.1) is 5.92 Å². The molecular formula is C22H33IN4O3. The topological polar surface area (TPSA) is 74.2 Å². The molecule has 0 aliphatic carbocycles. The minimum atomic E-state index is -0.112. The molecular weight excluding hydrogens is 495 g/mol. The van der Waals surface area contributed by atoms with Crippen LogP contribution in [-0.4, -0.2) is 56.0 Å². The third-order valence-electron chi connectivity index (χ3n) is 5.65. The van der Waals surface area contributed by atoms with Gasteiger partial charge in [-0.05, 0) is 50.3 Å². The van der Waals surface area contributed by atoms with Gasteiger partial charge in [0.2, 0.25) is 5.91 Å². The second-order valence-electron chi connectivity index (χ2n) is 7.62. The number of piperidine rings is 2. The summed E-state index contributed by atoms with van der Waals surface area (Å²) in [6.45, 7) is 5.83. The number of likely N-dealkylation sites (tertiary alicyclic amines) is 1. The molecule has 0 radical (unpaired) electrons. The van der Waals surface area contributed by atoms with Crippen molar-refractivity contribution in [1.82, 2.24) is 10.2 Å². The van der Waals surface area contributed by atoms with Crippen LogP contribution in [0.4, 0.5) is 5.69 Å². The van der Waals surface area contributed by atoms with Crippen LogP contribution < -0.4 is 10.2 Å². The molecule has 7 nitrogen and oxygen atoms in total. The third kappa shape index (κ3) is 6.33. The van der Waals surface area contributed by atoms with E-state index in [0.29, 0.717) is 13.0 Å². The summed E-state index contributed by atoms with van der Waals surface area (Å²) in [6, 6.07) is 8.13. The normalized spacial score (nSPS) is 18.1. The van der Waals surface area contributed by atoms with Crippen molar-refractivity contribution in [2.75, 3.05) is 38.2 Å². The molecule has 2 fully saturated rings. The number of nitrogens with zero attached hydrogens (tertiary/aromatic N) is 3. The van der Waals surface area contributed by atoms with Crippen molar-refractivity contribution < 1.29 is 14.3 Å². The van der Waals surface area contributed by atoms with Crippen LogP contribution in [0.3, 0.4) is 0 Å². The highest BCUT2D eigenvalue weighted by molar-refractivity contribution is 14.0. The van der Waals surface area contributed by atoms with E-state index in [-0.39, 0.29) is 41.8 Å². The van der Waals surface area contributed by atoms with Gasteiger partial charge in [-0.3, -0.25) is 9.59 Å². The number of nitrogens with one attached hydrogen (secondary N) is 1. The third-order valence-corrected chi connectivity index (χ3v) is 5.65. The van der Waals surface area contributed by atoms with E-state index in [1.54, 1.807) is 0 Å². The fraction of sp³-hybridized carbons (Fsp3) is 0.591. The number of guanidine groups is 1. The molecule has 2 saturated heterocycles. The number of anilines is 1. The van der Waals surface area contributed by atoms with Crippen molar-refractivity contribution in [1.29, 1.82) is 0 Å². The Bertz CT molecular complexity index is 730. The van der Waals surface area contributed by atoms with Crippen molar-refractivity contribution >= 4 is 47.5 Å². The van der Waals surface area contributed by atoms with Gasteiger partial charge < -0.3 is 19.9 Å². The first kappa shape index (κ1) is 24.4. The molecule has 0 saturated carbocycles. The average molecular weight is 528 g/mol. The number of rotatable bonds is 5. The minimum absolute atomic E-state index is 0. The van der Waals surface area contributed by atoms with Gasteiger partial charge in [0.1, 0.15) is 0 Å². The van der Waals surface area contributed by atoms with Crippen LogP contribution in [-0.2, 0) is 20.9 Å². The molecule has 0 atom stereocenters. The van der Waals surface area contributed by atoms with Crippen LogP contribution in [0.25, 0.3) is 0 Å². The number of ether oxygens (including phenoxy) is 1. The Kier molecular flexibility index (Phi) is 9.87. The first-order valence-electron chi connectivity index (χ1n) is 10.6. The van der Waals surface area contributed by atoms with Crippen molar-refractivity contribution in [2.24, 2.45) is 10.9 Å². The maximum absolute atomic E-state index is 12.1. The molecule has 0 unspecified atom stereocenters. The fourth-order valence-corrected chi connectivity index (χ4v) is 3.95. The molecule has 8 heteroatoms. The van der Waals surface area contributed by atoms with Crippen LogP contribution in [0.5, 0.6) is 0 Å². The highest BCUT2D eigenvalue weighted by Gasteiger charge is 2.27. The van der Waals surface area contributed by atoms with E-state index >= 15 is 0 Å². The summed E-state index contributed by atoms with van der Waals surface area (Å²) in [5.41, 5.74) is 2.08. The molecule has 1 N–H and O–H groups in total. The highest BCUT2D eigenvalue weighted by Crippen LogP contribution is 2.22. The van der Waals surface area contributed by atoms with Gasteiger partial charge in [0, 0.05) is 38.3 Å². The number of carbonyl (C=O) groups excluding carboxylic acids is 2. The maximum Gasteiger partial charge on any atom is 0.308 e. The number of benzene rings is 1. The summed E-state index contributed by atoms with van der Waals surface area (Å²) >= 11 is 0. The molecule has 166 valence electrons. The number of amides is 1. The van der Waals surface area contributed by atoms with E-state index in [9.17, 15) is 9.59 Å². The molecule has 3 rings (SSSR count). The monoisotopic (exact) mass is 528 g/mol.